The number of esters is 1. The molecule has 66 valence electrons. The predicted molar refractivity (Wildman–Crippen MR) is 48.8 cm³/mol. The molecule has 0 radical (unpaired) electrons. The van der Waals surface area contributed by atoms with Crippen molar-refractivity contribution in [2.24, 2.45) is 4.99 Å². The fraction of sp³-hybridized carbons (Fsp3) is 0.333. The Balaban J connectivity index is 3.81. The molecule has 0 aromatic heterocycles. The van der Waals surface area contributed by atoms with Gasteiger partial charge in [-0.05, 0) is 13.0 Å². The van der Waals surface area contributed by atoms with Gasteiger partial charge >= 0.3 is 5.97 Å². The van der Waals surface area contributed by atoms with Crippen LogP contribution >= 0.6 is 0 Å². The van der Waals surface area contributed by atoms with Gasteiger partial charge in [-0.25, -0.2) is 0 Å². The quantitative estimate of drug-likeness (QED) is 0.278. The van der Waals surface area contributed by atoms with E-state index in [1.807, 2.05) is 0 Å². The molecule has 0 bridgehead atoms. The van der Waals surface area contributed by atoms with E-state index in [9.17, 15) is 4.79 Å². The molecule has 0 unspecified atom stereocenters. The second kappa shape index (κ2) is 6.34. The number of aliphatic imine (C=N–C) groups is 1. The van der Waals surface area contributed by atoms with Crippen LogP contribution in [0.4, 0.5) is 0 Å². The van der Waals surface area contributed by atoms with Crippen LogP contribution < -0.4 is 0 Å². The van der Waals surface area contributed by atoms with Crippen molar-refractivity contribution in [3.63, 3.8) is 0 Å². The van der Waals surface area contributed by atoms with Gasteiger partial charge in [-0.1, -0.05) is 13.5 Å². The number of carbonyl (C=O) groups excluding carboxylic acids is 1. The van der Waals surface area contributed by atoms with Crippen LogP contribution in [-0.4, -0.2) is 12.2 Å². The van der Waals surface area contributed by atoms with E-state index in [0.717, 1.165) is 0 Å². The molecule has 0 fully saturated rings. The van der Waals surface area contributed by atoms with Crippen molar-refractivity contribution in [3.05, 3.63) is 24.6 Å². The van der Waals surface area contributed by atoms with E-state index < -0.39 is 0 Å². The summed E-state index contributed by atoms with van der Waals surface area (Å²) >= 11 is 0. The summed E-state index contributed by atoms with van der Waals surface area (Å²) in [4.78, 5) is 14.5. The van der Waals surface area contributed by atoms with Crippen LogP contribution in [0.5, 0.6) is 0 Å². The SMILES string of the molecule is C=C(/C=C\N=C/C)OC(=O)CC. The van der Waals surface area contributed by atoms with Gasteiger partial charge in [0.2, 0.25) is 0 Å². The van der Waals surface area contributed by atoms with Crippen molar-refractivity contribution < 1.29 is 9.53 Å². The fourth-order valence-corrected chi connectivity index (χ4v) is 0.465. The van der Waals surface area contributed by atoms with Crippen molar-refractivity contribution >= 4 is 12.2 Å². The Morgan fingerprint density at radius 3 is 2.83 bits per heavy atom. The zero-order valence-electron chi connectivity index (χ0n) is 7.41. The van der Waals surface area contributed by atoms with Crippen molar-refractivity contribution in [3.8, 4) is 0 Å². The number of rotatable bonds is 4. The summed E-state index contributed by atoms with van der Waals surface area (Å²) < 4.78 is 4.75. The molecule has 12 heavy (non-hydrogen) atoms. The molecule has 0 saturated heterocycles. The summed E-state index contributed by atoms with van der Waals surface area (Å²) in [6, 6.07) is 0. The van der Waals surface area contributed by atoms with Gasteiger partial charge in [0.05, 0.1) is 0 Å². The van der Waals surface area contributed by atoms with Gasteiger partial charge in [-0.3, -0.25) is 9.79 Å². The lowest BCUT2D eigenvalue weighted by Crippen LogP contribution is -1.99. The Morgan fingerprint density at radius 1 is 1.67 bits per heavy atom. The van der Waals surface area contributed by atoms with Gasteiger partial charge in [0, 0.05) is 18.8 Å². The van der Waals surface area contributed by atoms with Gasteiger partial charge in [0.25, 0.3) is 0 Å². The van der Waals surface area contributed by atoms with Crippen molar-refractivity contribution in [1.82, 2.24) is 0 Å². The normalized spacial score (nSPS) is 10.8. The van der Waals surface area contributed by atoms with Crippen molar-refractivity contribution in [2.75, 3.05) is 0 Å². The lowest BCUT2D eigenvalue weighted by molar-refractivity contribution is -0.138. The lowest BCUT2D eigenvalue weighted by atomic mass is 10.5. The van der Waals surface area contributed by atoms with Crippen LogP contribution in [0.2, 0.25) is 0 Å². The Kier molecular flexibility index (Phi) is 5.61. The van der Waals surface area contributed by atoms with Crippen molar-refractivity contribution in [1.29, 1.82) is 0 Å². The summed E-state index contributed by atoms with van der Waals surface area (Å²) in [7, 11) is 0. The first kappa shape index (κ1) is 10.6. The summed E-state index contributed by atoms with van der Waals surface area (Å²) in [5, 5.41) is 0. The molecule has 0 saturated carbocycles. The monoisotopic (exact) mass is 167 g/mol. The smallest absolute Gasteiger partial charge is 0.310 e. The molecule has 0 aromatic rings. The van der Waals surface area contributed by atoms with Crippen LogP contribution in [0.1, 0.15) is 20.3 Å². The van der Waals surface area contributed by atoms with E-state index in [0.29, 0.717) is 12.2 Å². The maximum absolute atomic E-state index is 10.7. The molecule has 0 spiro atoms. The third-order valence-corrected chi connectivity index (χ3v) is 1.03. The minimum Gasteiger partial charge on any atom is -0.427 e. The first-order valence-corrected chi connectivity index (χ1v) is 3.74. The molecule has 0 amide bonds. The third-order valence-electron chi connectivity index (χ3n) is 1.03. The van der Waals surface area contributed by atoms with Crippen LogP contribution in [0.3, 0.4) is 0 Å². The molecule has 0 N–H and O–H groups in total. The zero-order valence-corrected chi connectivity index (χ0v) is 7.41. The Morgan fingerprint density at radius 2 is 2.33 bits per heavy atom. The zero-order chi connectivity index (χ0) is 9.40. The maximum Gasteiger partial charge on any atom is 0.310 e. The summed E-state index contributed by atoms with van der Waals surface area (Å²) in [5.74, 6) is 0.0255. The highest BCUT2D eigenvalue weighted by Crippen LogP contribution is 1.98. The highest BCUT2D eigenvalue weighted by molar-refractivity contribution is 5.70. The van der Waals surface area contributed by atoms with E-state index in [2.05, 4.69) is 11.6 Å². The average molecular weight is 167 g/mol. The highest BCUT2D eigenvalue weighted by atomic mass is 16.5. The molecule has 0 aromatic carbocycles. The van der Waals surface area contributed by atoms with Crippen molar-refractivity contribution in [2.45, 2.75) is 20.3 Å². The molecule has 3 nitrogen and oxygen atoms in total. The molecule has 3 heteroatoms. The first-order chi connectivity index (χ1) is 5.70. The van der Waals surface area contributed by atoms with Gasteiger partial charge < -0.3 is 4.74 Å². The largest absolute Gasteiger partial charge is 0.427 e. The highest BCUT2D eigenvalue weighted by Gasteiger charge is 1.97. The number of hydrogen-bond acceptors (Lipinski definition) is 3. The number of nitrogens with zero attached hydrogens (tertiary/aromatic N) is 1. The lowest BCUT2D eigenvalue weighted by Gasteiger charge is -1.98. The predicted octanol–water partition coefficient (Wildman–Crippen LogP) is 2.06. The second-order valence-electron chi connectivity index (χ2n) is 2.02. The second-order valence-corrected chi connectivity index (χ2v) is 2.02. The van der Waals surface area contributed by atoms with Gasteiger partial charge in [0.1, 0.15) is 5.76 Å². The molecule has 0 rings (SSSR count). The number of ether oxygens (including phenoxy) is 1. The van der Waals surface area contributed by atoms with E-state index in [1.54, 1.807) is 20.1 Å². The van der Waals surface area contributed by atoms with Crippen LogP contribution in [-0.2, 0) is 9.53 Å². The Bertz CT molecular complexity index is 217. The fourth-order valence-electron chi connectivity index (χ4n) is 0.465. The number of allylic oxidation sites excluding steroid dienone is 1. The van der Waals surface area contributed by atoms with Crippen LogP contribution in [0.25, 0.3) is 0 Å². The first-order valence-electron chi connectivity index (χ1n) is 3.74. The van der Waals surface area contributed by atoms with Gasteiger partial charge in [-0.15, -0.1) is 0 Å². The Hall–Kier alpha value is -1.38. The summed E-state index contributed by atoms with van der Waals surface area (Å²) in [6.45, 7) is 7.03. The van der Waals surface area contributed by atoms with Crippen LogP contribution in [0, 0.1) is 0 Å². The molecule has 0 atom stereocenters. The Labute approximate surface area is 72.4 Å². The number of carbonyl (C=O) groups is 1. The van der Waals surface area contributed by atoms with E-state index in [4.69, 9.17) is 4.74 Å². The maximum atomic E-state index is 10.7. The van der Waals surface area contributed by atoms with E-state index >= 15 is 0 Å². The van der Waals surface area contributed by atoms with Gasteiger partial charge in [0.15, 0.2) is 0 Å². The average Bonchev–Trinajstić information content (AvgIpc) is 2.05. The van der Waals surface area contributed by atoms with E-state index in [-0.39, 0.29) is 5.97 Å². The van der Waals surface area contributed by atoms with Crippen LogP contribution in [0.15, 0.2) is 29.6 Å². The molecule has 0 aliphatic carbocycles. The molecule has 0 aliphatic heterocycles. The summed E-state index contributed by atoms with van der Waals surface area (Å²) in [5.41, 5.74) is 0. The minimum absolute atomic E-state index is 0.287. The molecular formula is C9H13NO2. The van der Waals surface area contributed by atoms with Gasteiger partial charge in [-0.2, -0.15) is 0 Å². The summed E-state index contributed by atoms with van der Waals surface area (Å²) in [6.07, 6.45) is 5.04. The topological polar surface area (TPSA) is 38.7 Å². The minimum atomic E-state index is -0.287. The molecular weight excluding hydrogens is 154 g/mol. The third kappa shape index (κ3) is 5.41. The molecule has 0 heterocycles. The van der Waals surface area contributed by atoms with E-state index in [1.165, 1.54) is 12.3 Å². The molecule has 0 aliphatic rings. The standard InChI is InChI=1S/C9H13NO2/c1-4-9(11)12-8(3)6-7-10-5-2/h5-7H,3-4H2,1-2H3/b7-6-,10-5-. The number of hydrogen-bond donors (Lipinski definition) is 0.